The molecule has 3 aromatic rings. The van der Waals surface area contributed by atoms with Gasteiger partial charge in [0.15, 0.2) is 17.0 Å². The third kappa shape index (κ3) is 3.98. The molecule has 0 unspecified atom stereocenters. The van der Waals surface area contributed by atoms with Crippen LogP contribution in [0.1, 0.15) is 21.7 Å². The highest BCUT2D eigenvalue weighted by molar-refractivity contribution is 5.89. The topological polar surface area (TPSA) is 114 Å². The van der Waals surface area contributed by atoms with Crippen LogP contribution in [-0.4, -0.2) is 52.9 Å². The third-order valence-electron chi connectivity index (χ3n) is 4.00. The number of hydrogen-bond donors (Lipinski definition) is 1. The maximum Gasteiger partial charge on any atom is 0.337 e. The molecule has 0 saturated carbocycles. The fourth-order valence-electron chi connectivity index (χ4n) is 2.68. The minimum Gasteiger partial charge on any atom is -0.465 e. The zero-order valence-corrected chi connectivity index (χ0v) is 15.4. The van der Waals surface area contributed by atoms with Crippen LogP contribution in [0.4, 0.5) is 5.82 Å². The second kappa shape index (κ2) is 8.00. The Morgan fingerprint density at radius 3 is 2.74 bits per heavy atom. The first-order valence-corrected chi connectivity index (χ1v) is 8.32. The monoisotopic (exact) mass is 371 g/mol. The molecular weight excluding hydrogens is 350 g/mol. The summed E-state index contributed by atoms with van der Waals surface area (Å²) in [6.07, 6.45) is 0. The quantitative estimate of drug-likeness (QED) is 0.492. The molecule has 0 aliphatic heterocycles. The number of anilines is 1. The molecule has 0 atom stereocenters. The van der Waals surface area contributed by atoms with E-state index >= 15 is 0 Å². The van der Waals surface area contributed by atoms with Gasteiger partial charge >= 0.3 is 12.0 Å². The lowest BCUT2D eigenvalue weighted by Gasteiger charge is -2.09. The molecule has 0 aliphatic carbocycles. The molecule has 0 amide bonds. The Morgan fingerprint density at radius 1 is 1.19 bits per heavy atom. The Bertz CT molecular complexity index is 970. The summed E-state index contributed by atoms with van der Waals surface area (Å²) < 4.78 is 17.1. The lowest BCUT2D eigenvalue weighted by molar-refractivity contribution is 0.0600. The number of ether oxygens (including phenoxy) is 3. The Hall–Kier alpha value is -3.20. The minimum absolute atomic E-state index is 0.168. The summed E-state index contributed by atoms with van der Waals surface area (Å²) in [5.41, 5.74) is 8.48. The van der Waals surface area contributed by atoms with Crippen LogP contribution in [0.5, 0.6) is 6.01 Å². The fraction of sp³-hybridized carbons (Fsp3) is 0.333. The van der Waals surface area contributed by atoms with Gasteiger partial charge in [-0.25, -0.2) is 9.78 Å². The van der Waals surface area contributed by atoms with Gasteiger partial charge < -0.3 is 24.5 Å². The second-order valence-electron chi connectivity index (χ2n) is 5.84. The first-order chi connectivity index (χ1) is 13.0. The van der Waals surface area contributed by atoms with Crippen molar-refractivity contribution >= 4 is 23.0 Å². The lowest BCUT2D eigenvalue weighted by Crippen LogP contribution is -2.09. The lowest BCUT2D eigenvalue weighted by atomic mass is 10.1. The number of carbonyl (C=O) groups is 1. The number of methoxy groups -OCH3 is 2. The molecule has 27 heavy (non-hydrogen) atoms. The van der Waals surface area contributed by atoms with Crippen molar-refractivity contribution in [3.05, 3.63) is 41.2 Å². The number of fused-ring (bicyclic) bond motifs is 1. The van der Waals surface area contributed by atoms with Gasteiger partial charge in [-0.05, 0) is 24.6 Å². The number of aryl methyl sites for hydroxylation is 1. The number of nitrogens with two attached hydrogens (primary N) is 1. The summed E-state index contributed by atoms with van der Waals surface area (Å²) >= 11 is 0. The predicted octanol–water partition coefficient (Wildman–Crippen LogP) is 1.58. The SMILES string of the molecule is COCCOc1nc(N)c2nc(C)n(Cc3cccc(C(=O)OC)c3)c2n1. The van der Waals surface area contributed by atoms with Crippen molar-refractivity contribution in [2.24, 2.45) is 0 Å². The first-order valence-electron chi connectivity index (χ1n) is 8.32. The van der Waals surface area contributed by atoms with E-state index in [4.69, 9.17) is 19.9 Å². The van der Waals surface area contributed by atoms with Crippen molar-refractivity contribution in [2.45, 2.75) is 13.5 Å². The van der Waals surface area contributed by atoms with Gasteiger partial charge in [-0.3, -0.25) is 0 Å². The van der Waals surface area contributed by atoms with Gasteiger partial charge in [-0.1, -0.05) is 12.1 Å². The van der Waals surface area contributed by atoms with E-state index in [1.54, 1.807) is 25.3 Å². The number of aromatic nitrogens is 4. The molecule has 0 aliphatic rings. The summed E-state index contributed by atoms with van der Waals surface area (Å²) in [5.74, 6) is 0.588. The van der Waals surface area contributed by atoms with Gasteiger partial charge in [0.25, 0.3) is 0 Å². The number of benzene rings is 1. The molecule has 2 N–H and O–H groups in total. The fourth-order valence-corrected chi connectivity index (χ4v) is 2.68. The van der Waals surface area contributed by atoms with Crippen LogP contribution in [0.2, 0.25) is 0 Å². The van der Waals surface area contributed by atoms with Crippen molar-refractivity contribution in [3.8, 4) is 6.01 Å². The Labute approximate surface area is 156 Å². The number of nitrogens with zero attached hydrogens (tertiary/aromatic N) is 4. The molecule has 2 aromatic heterocycles. The van der Waals surface area contributed by atoms with E-state index < -0.39 is 0 Å². The van der Waals surface area contributed by atoms with E-state index in [1.165, 1.54) is 7.11 Å². The molecule has 0 saturated heterocycles. The van der Waals surface area contributed by atoms with Crippen molar-refractivity contribution in [2.75, 3.05) is 33.2 Å². The summed E-state index contributed by atoms with van der Waals surface area (Å²) in [5, 5.41) is 0. The van der Waals surface area contributed by atoms with Crippen molar-refractivity contribution < 1.29 is 19.0 Å². The molecule has 9 nitrogen and oxygen atoms in total. The van der Waals surface area contributed by atoms with Gasteiger partial charge in [-0.2, -0.15) is 9.97 Å². The molecule has 2 heterocycles. The first kappa shape index (κ1) is 18.6. The highest BCUT2D eigenvalue weighted by Gasteiger charge is 2.16. The van der Waals surface area contributed by atoms with Gasteiger partial charge in [0.1, 0.15) is 12.4 Å². The minimum atomic E-state index is -0.385. The predicted molar refractivity (Wildman–Crippen MR) is 98.7 cm³/mol. The summed E-state index contributed by atoms with van der Waals surface area (Å²) in [4.78, 5) is 24.8. The maximum absolute atomic E-state index is 11.8. The van der Waals surface area contributed by atoms with E-state index in [1.807, 2.05) is 17.6 Å². The number of imidazole rings is 1. The van der Waals surface area contributed by atoms with E-state index in [2.05, 4.69) is 15.0 Å². The number of nitrogen functional groups attached to an aromatic ring is 1. The molecule has 142 valence electrons. The van der Waals surface area contributed by atoms with Gasteiger partial charge in [-0.15, -0.1) is 0 Å². The van der Waals surface area contributed by atoms with Crippen LogP contribution in [0.15, 0.2) is 24.3 Å². The van der Waals surface area contributed by atoms with Gasteiger partial charge in [0.2, 0.25) is 0 Å². The van der Waals surface area contributed by atoms with Crippen molar-refractivity contribution in [1.82, 2.24) is 19.5 Å². The van der Waals surface area contributed by atoms with E-state index in [-0.39, 0.29) is 17.8 Å². The largest absolute Gasteiger partial charge is 0.465 e. The van der Waals surface area contributed by atoms with Crippen LogP contribution in [-0.2, 0) is 16.0 Å². The Morgan fingerprint density at radius 2 is 2.00 bits per heavy atom. The van der Waals surface area contributed by atoms with Crippen molar-refractivity contribution in [3.63, 3.8) is 0 Å². The number of carbonyl (C=O) groups excluding carboxylic acids is 1. The van der Waals surface area contributed by atoms with E-state index in [0.29, 0.717) is 36.5 Å². The van der Waals surface area contributed by atoms with Crippen molar-refractivity contribution in [1.29, 1.82) is 0 Å². The van der Waals surface area contributed by atoms with Gasteiger partial charge in [0.05, 0.1) is 25.8 Å². The highest BCUT2D eigenvalue weighted by Crippen LogP contribution is 2.22. The molecule has 0 bridgehead atoms. The third-order valence-corrected chi connectivity index (χ3v) is 4.00. The standard InChI is InChI=1S/C18H21N5O4/c1-11-20-14-15(19)21-18(27-8-7-25-2)22-16(14)23(11)10-12-5-4-6-13(9-12)17(24)26-3/h4-6,9H,7-8,10H2,1-3H3,(H2,19,21,22). The second-order valence-corrected chi connectivity index (χ2v) is 5.84. The smallest absolute Gasteiger partial charge is 0.337 e. The van der Waals surface area contributed by atoms with Crippen LogP contribution in [0.3, 0.4) is 0 Å². The van der Waals surface area contributed by atoms with Gasteiger partial charge in [0, 0.05) is 7.11 Å². The van der Waals surface area contributed by atoms with E-state index in [9.17, 15) is 4.79 Å². The molecule has 1 aromatic carbocycles. The Balaban J connectivity index is 1.96. The van der Waals surface area contributed by atoms with Crippen LogP contribution >= 0.6 is 0 Å². The molecule has 0 spiro atoms. The molecule has 9 heteroatoms. The normalized spacial score (nSPS) is 10.9. The molecule has 3 rings (SSSR count). The number of rotatable bonds is 7. The number of hydrogen-bond acceptors (Lipinski definition) is 8. The maximum atomic E-state index is 11.8. The average Bonchev–Trinajstić information content (AvgIpc) is 2.98. The van der Waals surface area contributed by atoms with E-state index in [0.717, 1.165) is 11.4 Å². The summed E-state index contributed by atoms with van der Waals surface area (Å²) in [6, 6.07) is 7.37. The zero-order chi connectivity index (χ0) is 19.4. The summed E-state index contributed by atoms with van der Waals surface area (Å²) in [6.45, 7) is 3.05. The van der Waals surface area contributed by atoms with Crippen LogP contribution in [0, 0.1) is 6.92 Å². The molecule has 0 fully saturated rings. The molecule has 0 radical (unpaired) electrons. The van der Waals surface area contributed by atoms with Crippen LogP contribution in [0.25, 0.3) is 11.2 Å². The summed E-state index contributed by atoms with van der Waals surface area (Å²) in [7, 11) is 2.94. The Kier molecular flexibility index (Phi) is 5.51. The van der Waals surface area contributed by atoms with Crippen LogP contribution < -0.4 is 10.5 Å². The molecular formula is C18H21N5O4. The zero-order valence-electron chi connectivity index (χ0n) is 15.4. The number of esters is 1. The average molecular weight is 371 g/mol. The highest BCUT2D eigenvalue weighted by atomic mass is 16.5.